The van der Waals surface area contributed by atoms with Gasteiger partial charge < -0.3 is 4.74 Å². The summed E-state index contributed by atoms with van der Waals surface area (Å²) in [5.41, 5.74) is 11.1. The summed E-state index contributed by atoms with van der Waals surface area (Å²) in [6.45, 7) is 4.25. The number of rotatable bonds is 5. The van der Waals surface area contributed by atoms with Crippen LogP contribution in [-0.2, 0) is 5.60 Å². The first-order valence-electron chi connectivity index (χ1n) is 16.6. The molecule has 0 unspecified atom stereocenters. The highest BCUT2D eigenvalue weighted by Gasteiger charge is 2.32. The molecule has 0 N–H and O–H groups in total. The lowest BCUT2D eigenvalue weighted by Crippen LogP contribution is -2.29. The van der Waals surface area contributed by atoms with E-state index >= 15 is 0 Å². The van der Waals surface area contributed by atoms with Gasteiger partial charge >= 0.3 is 0 Å². The molecule has 6 nitrogen and oxygen atoms in total. The number of aromatic nitrogens is 5. The molecule has 9 rings (SSSR count). The predicted octanol–water partition coefficient (Wildman–Crippen LogP) is 10.4. The van der Waals surface area contributed by atoms with Crippen molar-refractivity contribution in [1.29, 1.82) is 0 Å². The Morgan fingerprint density at radius 1 is 0.480 bits per heavy atom. The summed E-state index contributed by atoms with van der Waals surface area (Å²) in [5, 5.41) is 1.00. The van der Waals surface area contributed by atoms with E-state index in [0.29, 0.717) is 17.5 Å². The lowest BCUT2D eigenvalue weighted by Gasteiger charge is -2.35. The van der Waals surface area contributed by atoms with Crippen LogP contribution in [0.1, 0.15) is 19.4 Å². The summed E-state index contributed by atoms with van der Waals surface area (Å²) < 4.78 is 6.53. The topological polar surface area (TPSA) is 73.7 Å². The maximum atomic E-state index is 6.53. The van der Waals surface area contributed by atoms with Crippen molar-refractivity contribution in [2.24, 2.45) is 0 Å². The fourth-order valence-electron chi connectivity index (χ4n) is 6.79. The molecule has 6 heteroatoms. The summed E-state index contributed by atoms with van der Waals surface area (Å²) in [4.78, 5) is 23.6. The van der Waals surface area contributed by atoms with E-state index in [4.69, 9.17) is 19.7 Å². The summed E-state index contributed by atoms with van der Waals surface area (Å²) in [5.74, 6) is 2.74. The minimum Gasteiger partial charge on any atom is -0.482 e. The molecule has 1 aliphatic rings. The van der Waals surface area contributed by atoms with Gasteiger partial charge in [0.1, 0.15) is 17.7 Å². The maximum absolute atomic E-state index is 6.53. The van der Waals surface area contributed by atoms with Crippen LogP contribution in [0, 0.1) is 0 Å². The number of nitrogens with zero attached hydrogens (tertiary/aromatic N) is 5. The predicted molar refractivity (Wildman–Crippen MR) is 199 cm³/mol. The van der Waals surface area contributed by atoms with Crippen LogP contribution in [0.4, 0.5) is 0 Å². The van der Waals surface area contributed by atoms with E-state index in [2.05, 4.69) is 121 Å². The SMILES string of the molecule is CC1(C)Oc2cc(-c3ccc(-c4nc(-c5ccccc5)nc(-c5ccc(-c6cccc7cncnc67)cc5)n4)cc3)ccc2-c2ccccc21. The summed E-state index contributed by atoms with van der Waals surface area (Å²) >= 11 is 0. The molecule has 6 aromatic carbocycles. The maximum Gasteiger partial charge on any atom is 0.164 e. The Hall–Kier alpha value is -6.53. The van der Waals surface area contributed by atoms with Gasteiger partial charge in [0.05, 0.1) is 5.52 Å². The third kappa shape index (κ3) is 5.28. The van der Waals surface area contributed by atoms with Gasteiger partial charge in [-0.3, -0.25) is 0 Å². The van der Waals surface area contributed by atoms with Crippen LogP contribution in [0.5, 0.6) is 5.75 Å². The van der Waals surface area contributed by atoms with Crippen molar-refractivity contribution >= 4 is 10.9 Å². The van der Waals surface area contributed by atoms with Gasteiger partial charge in [-0.1, -0.05) is 133 Å². The minimum absolute atomic E-state index is 0.413. The molecule has 3 heterocycles. The van der Waals surface area contributed by atoms with Crippen molar-refractivity contribution in [3.05, 3.63) is 158 Å². The zero-order valence-electron chi connectivity index (χ0n) is 27.6. The van der Waals surface area contributed by atoms with Crippen LogP contribution in [0.3, 0.4) is 0 Å². The van der Waals surface area contributed by atoms with Gasteiger partial charge in [0.15, 0.2) is 17.5 Å². The van der Waals surface area contributed by atoms with E-state index in [0.717, 1.165) is 61.2 Å². The molecule has 0 fully saturated rings. The zero-order valence-corrected chi connectivity index (χ0v) is 27.6. The molecule has 0 spiro atoms. The van der Waals surface area contributed by atoms with Crippen molar-refractivity contribution in [3.8, 4) is 73.3 Å². The first kappa shape index (κ1) is 29.6. The van der Waals surface area contributed by atoms with Gasteiger partial charge in [-0.15, -0.1) is 0 Å². The largest absolute Gasteiger partial charge is 0.482 e. The van der Waals surface area contributed by atoms with Crippen LogP contribution >= 0.6 is 0 Å². The molecule has 0 radical (unpaired) electrons. The van der Waals surface area contributed by atoms with Crippen LogP contribution in [0.25, 0.3) is 78.4 Å². The number of ether oxygens (including phenoxy) is 1. The van der Waals surface area contributed by atoms with Crippen LogP contribution in [-0.4, -0.2) is 24.9 Å². The van der Waals surface area contributed by atoms with Gasteiger partial charge in [-0.2, -0.15) is 0 Å². The van der Waals surface area contributed by atoms with Gasteiger partial charge in [0, 0.05) is 45.0 Å². The van der Waals surface area contributed by atoms with E-state index in [1.54, 1.807) is 6.33 Å². The minimum atomic E-state index is -0.413. The molecule has 0 atom stereocenters. The van der Waals surface area contributed by atoms with Crippen molar-refractivity contribution in [3.63, 3.8) is 0 Å². The Kier molecular flexibility index (Phi) is 7.02. The first-order valence-corrected chi connectivity index (χ1v) is 16.6. The molecule has 238 valence electrons. The van der Waals surface area contributed by atoms with E-state index < -0.39 is 5.60 Å². The highest BCUT2D eigenvalue weighted by Crippen LogP contribution is 2.46. The van der Waals surface area contributed by atoms with Gasteiger partial charge in [-0.05, 0) is 42.2 Å². The smallest absolute Gasteiger partial charge is 0.164 e. The number of para-hydroxylation sites is 1. The molecule has 0 bridgehead atoms. The molecule has 50 heavy (non-hydrogen) atoms. The van der Waals surface area contributed by atoms with Crippen molar-refractivity contribution in [1.82, 2.24) is 24.9 Å². The van der Waals surface area contributed by atoms with Crippen LogP contribution in [0.2, 0.25) is 0 Å². The molecule has 1 aliphatic heterocycles. The number of fused-ring (bicyclic) bond motifs is 4. The summed E-state index contributed by atoms with van der Waals surface area (Å²) in [7, 11) is 0. The second-order valence-electron chi connectivity index (χ2n) is 13.0. The standard InChI is InChI=1S/C44H31N5O/c1-44(2)38-14-7-6-12-36(38)37-24-23-33(25-39(37)50-44)28-15-19-31(20-16-28)42-47-41(30-9-4-3-5-10-30)48-43(49-42)32-21-17-29(18-22-32)35-13-8-11-34-26-45-27-46-40(34)35/h3-27H,1-2H3. The number of benzene rings is 6. The Labute approximate surface area is 290 Å². The van der Waals surface area contributed by atoms with Gasteiger partial charge in [0.2, 0.25) is 0 Å². The molecular formula is C44H31N5O. The van der Waals surface area contributed by atoms with Crippen LogP contribution in [0.15, 0.2) is 152 Å². The Morgan fingerprint density at radius 2 is 1.06 bits per heavy atom. The third-order valence-electron chi connectivity index (χ3n) is 9.34. The fraction of sp³-hybridized carbons (Fsp3) is 0.0682. The van der Waals surface area contributed by atoms with E-state index in [1.807, 2.05) is 48.7 Å². The lowest BCUT2D eigenvalue weighted by atomic mass is 9.85. The van der Waals surface area contributed by atoms with E-state index in [-0.39, 0.29) is 0 Å². The van der Waals surface area contributed by atoms with Crippen molar-refractivity contribution in [2.45, 2.75) is 19.4 Å². The third-order valence-corrected chi connectivity index (χ3v) is 9.34. The fourth-order valence-corrected chi connectivity index (χ4v) is 6.79. The quantitative estimate of drug-likeness (QED) is 0.185. The van der Waals surface area contributed by atoms with Gasteiger partial charge in [0.25, 0.3) is 0 Å². The average Bonchev–Trinajstić information content (AvgIpc) is 3.18. The normalized spacial score (nSPS) is 12.9. The average molecular weight is 646 g/mol. The molecule has 0 saturated heterocycles. The van der Waals surface area contributed by atoms with Crippen molar-refractivity contribution in [2.75, 3.05) is 0 Å². The second kappa shape index (κ2) is 11.9. The Bertz CT molecular complexity index is 2520. The molecule has 2 aromatic heterocycles. The molecule has 0 aliphatic carbocycles. The lowest BCUT2D eigenvalue weighted by molar-refractivity contribution is 0.106. The second-order valence-corrected chi connectivity index (χ2v) is 13.0. The number of hydrogen-bond acceptors (Lipinski definition) is 6. The Morgan fingerprint density at radius 3 is 1.78 bits per heavy atom. The first-order chi connectivity index (χ1) is 24.5. The molecular weight excluding hydrogens is 615 g/mol. The zero-order chi connectivity index (χ0) is 33.7. The number of hydrogen-bond donors (Lipinski definition) is 0. The molecule has 0 amide bonds. The van der Waals surface area contributed by atoms with Crippen molar-refractivity contribution < 1.29 is 4.74 Å². The Balaban J connectivity index is 1.07. The van der Waals surface area contributed by atoms with Gasteiger partial charge in [-0.25, -0.2) is 24.9 Å². The monoisotopic (exact) mass is 645 g/mol. The van der Waals surface area contributed by atoms with E-state index in [9.17, 15) is 0 Å². The molecule has 0 saturated carbocycles. The van der Waals surface area contributed by atoms with E-state index in [1.165, 1.54) is 11.1 Å². The highest BCUT2D eigenvalue weighted by atomic mass is 16.5. The molecule has 8 aromatic rings. The summed E-state index contributed by atoms with van der Waals surface area (Å²) in [6, 6.07) is 47.8. The summed E-state index contributed by atoms with van der Waals surface area (Å²) in [6.07, 6.45) is 3.43. The van der Waals surface area contributed by atoms with Crippen LogP contribution < -0.4 is 4.74 Å². The highest BCUT2D eigenvalue weighted by molar-refractivity contribution is 5.93.